The molecule has 31 heavy (non-hydrogen) atoms. The highest BCUT2D eigenvalue weighted by atomic mass is 127. The van der Waals surface area contributed by atoms with Gasteiger partial charge < -0.3 is 4.74 Å². The Morgan fingerprint density at radius 3 is 2.16 bits per heavy atom. The van der Waals surface area contributed by atoms with Crippen molar-refractivity contribution >= 4 is 104 Å². The molecule has 0 unspecified atom stereocenters. The molecule has 0 saturated heterocycles. The van der Waals surface area contributed by atoms with Crippen LogP contribution in [0, 0.1) is 7.14 Å². The minimum atomic E-state index is -0.429. The molecular formula is C21H12Cl4I2N2O2. The van der Waals surface area contributed by atoms with Crippen molar-refractivity contribution in [3.63, 3.8) is 0 Å². The Kier molecular flexibility index (Phi) is 9.12. The van der Waals surface area contributed by atoms with Gasteiger partial charge in [0.2, 0.25) is 0 Å². The highest BCUT2D eigenvalue weighted by molar-refractivity contribution is 14.1. The van der Waals surface area contributed by atoms with E-state index in [2.05, 4.69) is 55.7 Å². The summed E-state index contributed by atoms with van der Waals surface area (Å²) in [4.78, 5) is 12.2. The number of carbonyl (C=O) groups excluding carboxylic acids is 1. The largest absolute Gasteiger partial charge is 0.487 e. The zero-order valence-electron chi connectivity index (χ0n) is 15.4. The summed E-state index contributed by atoms with van der Waals surface area (Å²) in [7, 11) is 0. The lowest BCUT2D eigenvalue weighted by Crippen LogP contribution is -2.18. The summed E-state index contributed by atoms with van der Waals surface area (Å²) >= 11 is 28.4. The fourth-order valence-electron chi connectivity index (χ4n) is 2.48. The lowest BCUT2D eigenvalue weighted by molar-refractivity contribution is 0.0955. The molecular weight excluding hydrogens is 708 g/mol. The maximum atomic E-state index is 12.2. The zero-order chi connectivity index (χ0) is 22.5. The molecule has 0 aromatic heterocycles. The molecule has 0 heterocycles. The van der Waals surface area contributed by atoms with E-state index in [4.69, 9.17) is 51.1 Å². The Hall–Kier alpha value is -0.780. The van der Waals surface area contributed by atoms with Crippen molar-refractivity contribution in [1.82, 2.24) is 5.43 Å². The second kappa shape index (κ2) is 11.4. The van der Waals surface area contributed by atoms with E-state index in [0.717, 1.165) is 24.0 Å². The summed E-state index contributed by atoms with van der Waals surface area (Å²) in [5, 5.41) is 5.85. The van der Waals surface area contributed by atoms with Crippen LogP contribution in [0.1, 0.15) is 21.5 Å². The molecule has 0 bridgehead atoms. The Bertz CT molecular complexity index is 1150. The molecule has 160 valence electrons. The third-order valence-electron chi connectivity index (χ3n) is 3.96. The van der Waals surface area contributed by atoms with Crippen LogP contribution in [-0.2, 0) is 6.61 Å². The SMILES string of the molecule is O=C(N/N=C/c1cc(I)c(OCc2ccc(Cl)cc2Cl)c(I)c1)c1ccc(Cl)cc1Cl. The topological polar surface area (TPSA) is 50.7 Å². The molecule has 4 nitrogen and oxygen atoms in total. The van der Waals surface area contributed by atoms with Crippen LogP contribution in [0.5, 0.6) is 5.75 Å². The first-order chi connectivity index (χ1) is 14.7. The van der Waals surface area contributed by atoms with E-state index in [1.54, 1.807) is 30.5 Å². The van der Waals surface area contributed by atoms with Gasteiger partial charge in [-0.3, -0.25) is 4.79 Å². The van der Waals surface area contributed by atoms with Gasteiger partial charge in [0.05, 0.1) is 23.9 Å². The van der Waals surface area contributed by atoms with E-state index in [1.165, 1.54) is 6.07 Å². The molecule has 3 aromatic rings. The van der Waals surface area contributed by atoms with Crippen LogP contribution in [0.3, 0.4) is 0 Å². The number of nitrogens with one attached hydrogen (secondary N) is 1. The number of hydrazone groups is 1. The quantitative estimate of drug-likeness (QED) is 0.160. The van der Waals surface area contributed by atoms with Crippen molar-refractivity contribution in [2.24, 2.45) is 5.10 Å². The van der Waals surface area contributed by atoms with Gasteiger partial charge in [-0.15, -0.1) is 0 Å². The van der Waals surface area contributed by atoms with Crippen LogP contribution < -0.4 is 10.2 Å². The van der Waals surface area contributed by atoms with Gasteiger partial charge in [-0.25, -0.2) is 5.43 Å². The summed E-state index contributed by atoms with van der Waals surface area (Å²) < 4.78 is 7.75. The number of ether oxygens (including phenoxy) is 1. The molecule has 0 atom stereocenters. The van der Waals surface area contributed by atoms with Crippen molar-refractivity contribution in [1.29, 1.82) is 0 Å². The maximum Gasteiger partial charge on any atom is 0.272 e. The summed E-state index contributed by atoms with van der Waals surface area (Å²) in [5.41, 5.74) is 4.39. The molecule has 0 aliphatic rings. The number of hydrogen-bond acceptors (Lipinski definition) is 3. The van der Waals surface area contributed by atoms with Gasteiger partial charge in [0.15, 0.2) is 0 Å². The third-order valence-corrected chi connectivity index (χ3v) is 6.70. The molecule has 1 amide bonds. The number of amides is 1. The molecule has 0 saturated carbocycles. The standard InChI is InChI=1S/C21H12Cl4I2N2O2/c22-13-2-1-12(16(24)7-13)10-31-20-18(26)5-11(6-19(20)27)9-28-29-21(30)15-4-3-14(23)8-17(15)25/h1-9H,10H2,(H,29,30)/b28-9+. The van der Waals surface area contributed by atoms with Crippen molar-refractivity contribution in [3.05, 3.63) is 92.5 Å². The zero-order valence-corrected chi connectivity index (χ0v) is 22.8. The maximum absolute atomic E-state index is 12.2. The molecule has 0 aliphatic heterocycles. The van der Waals surface area contributed by atoms with Gasteiger partial charge in [-0.05, 0) is 93.2 Å². The Morgan fingerprint density at radius 2 is 1.55 bits per heavy atom. The second-order valence-electron chi connectivity index (χ2n) is 6.16. The molecule has 3 rings (SSSR count). The number of hydrogen-bond donors (Lipinski definition) is 1. The summed E-state index contributed by atoms with van der Waals surface area (Å²) in [6.45, 7) is 0.313. The predicted octanol–water partition coefficient (Wildman–Crippen LogP) is 7.85. The van der Waals surface area contributed by atoms with Crippen LogP contribution in [0.4, 0.5) is 0 Å². The van der Waals surface area contributed by atoms with Gasteiger partial charge in [0.1, 0.15) is 12.4 Å². The first-order valence-corrected chi connectivity index (χ1v) is 12.3. The lowest BCUT2D eigenvalue weighted by Gasteiger charge is -2.12. The van der Waals surface area contributed by atoms with Gasteiger partial charge in [-0.1, -0.05) is 52.5 Å². The first kappa shape index (κ1) is 24.9. The normalized spacial score (nSPS) is 11.0. The van der Waals surface area contributed by atoms with Gasteiger partial charge in [0.25, 0.3) is 5.91 Å². The van der Waals surface area contributed by atoms with Crippen LogP contribution in [0.15, 0.2) is 53.6 Å². The highest BCUT2D eigenvalue weighted by Gasteiger charge is 2.12. The van der Waals surface area contributed by atoms with E-state index >= 15 is 0 Å². The monoisotopic (exact) mass is 718 g/mol. The van der Waals surface area contributed by atoms with Crippen molar-refractivity contribution < 1.29 is 9.53 Å². The minimum absolute atomic E-state index is 0.256. The predicted molar refractivity (Wildman–Crippen MR) is 144 cm³/mol. The number of benzene rings is 3. The summed E-state index contributed by atoms with van der Waals surface area (Å²) in [6, 6.07) is 13.7. The molecule has 3 aromatic carbocycles. The van der Waals surface area contributed by atoms with E-state index in [-0.39, 0.29) is 10.6 Å². The molecule has 10 heteroatoms. The van der Waals surface area contributed by atoms with Crippen LogP contribution in [0.25, 0.3) is 0 Å². The molecule has 0 aliphatic carbocycles. The van der Waals surface area contributed by atoms with Crippen molar-refractivity contribution in [2.45, 2.75) is 6.61 Å². The van der Waals surface area contributed by atoms with E-state index < -0.39 is 5.91 Å². The van der Waals surface area contributed by atoms with E-state index in [1.807, 2.05) is 18.2 Å². The summed E-state index contributed by atoms with van der Waals surface area (Å²) in [6.07, 6.45) is 1.55. The molecule has 0 fully saturated rings. The van der Waals surface area contributed by atoms with Crippen LogP contribution in [0.2, 0.25) is 20.1 Å². The first-order valence-electron chi connectivity index (χ1n) is 8.59. The average Bonchev–Trinajstić information content (AvgIpc) is 2.68. The van der Waals surface area contributed by atoms with Gasteiger partial charge >= 0.3 is 0 Å². The fourth-order valence-corrected chi connectivity index (χ4v) is 5.56. The van der Waals surface area contributed by atoms with Crippen LogP contribution in [-0.4, -0.2) is 12.1 Å². The lowest BCUT2D eigenvalue weighted by atomic mass is 10.2. The number of halogens is 6. The highest BCUT2D eigenvalue weighted by Crippen LogP contribution is 2.30. The fraction of sp³-hybridized carbons (Fsp3) is 0.0476. The molecule has 0 radical (unpaired) electrons. The van der Waals surface area contributed by atoms with Gasteiger partial charge in [-0.2, -0.15) is 5.10 Å². The average molecular weight is 720 g/mol. The van der Waals surface area contributed by atoms with Crippen molar-refractivity contribution in [2.75, 3.05) is 0 Å². The van der Waals surface area contributed by atoms with E-state index in [9.17, 15) is 4.79 Å². The number of rotatable bonds is 6. The molecule has 1 N–H and O–H groups in total. The third kappa shape index (κ3) is 6.85. The number of carbonyl (C=O) groups is 1. The molecule has 0 spiro atoms. The second-order valence-corrected chi connectivity index (χ2v) is 10.2. The Labute approximate surface area is 226 Å². The minimum Gasteiger partial charge on any atom is -0.487 e. The smallest absolute Gasteiger partial charge is 0.272 e. The van der Waals surface area contributed by atoms with Crippen molar-refractivity contribution in [3.8, 4) is 5.75 Å². The van der Waals surface area contributed by atoms with E-state index in [0.29, 0.717) is 21.7 Å². The van der Waals surface area contributed by atoms with Crippen LogP contribution >= 0.6 is 91.6 Å². The number of nitrogens with zero attached hydrogens (tertiary/aromatic N) is 1. The summed E-state index contributed by atoms with van der Waals surface area (Å²) in [5.74, 6) is 0.309. The van der Waals surface area contributed by atoms with Gasteiger partial charge in [0, 0.05) is 20.6 Å². The Morgan fingerprint density at radius 1 is 0.935 bits per heavy atom. The Balaban J connectivity index is 1.67.